The zero-order valence-electron chi connectivity index (χ0n) is 15.5. The van der Waals surface area contributed by atoms with Crippen molar-refractivity contribution in [3.63, 3.8) is 0 Å². The molecule has 130 valence electrons. The quantitative estimate of drug-likeness (QED) is 0.495. The Bertz CT molecular complexity index is 1010. The third kappa shape index (κ3) is 3.59. The van der Waals surface area contributed by atoms with Crippen molar-refractivity contribution in [1.82, 2.24) is 4.57 Å². The van der Waals surface area contributed by atoms with Crippen LogP contribution in [-0.4, -0.2) is 4.57 Å². The van der Waals surface area contributed by atoms with Gasteiger partial charge in [0.2, 0.25) is 0 Å². The van der Waals surface area contributed by atoms with Crippen molar-refractivity contribution >= 4 is 23.3 Å². The molecule has 0 saturated carbocycles. The number of benzene rings is 2. The largest absolute Gasteiger partial charge is 0.318 e. The summed E-state index contributed by atoms with van der Waals surface area (Å²) in [6, 6.07) is 18.3. The summed E-state index contributed by atoms with van der Waals surface area (Å²) in [5.41, 5.74) is 8.44. The molecule has 0 aliphatic heterocycles. The third-order valence-electron chi connectivity index (χ3n) is 4.51. The van der Waals surface area contributed by atoms with Crippen LogP contribution in [0.2, 0.25) is 5.02 Å². The standard InChI is InChI=1S/C23H21ClN2/c1-15-9-16(2)11-23(10-15)26-17(3)12-20(18(26)4)13-21(14-25)19-5-7-22(24)8-6-19/h5-13H,1-4H3/b21-13+. The van der Waals surface area contributed by atoms with Crippen LogP contribution in [0.5, 0.6) is 0 Å². The van der Waals surface area contributed by atoms with E-state index in [9.17, 15) is 5.26 Å². The van der Waals surface area contributed by atoms with E-state index in [0.29, 0.717) is 10.6 Å². The molecule has 3 rings (SSSR count). The molecule has 2 nitrogen and oxygen atoms in total. The SMILES string of the molecule is Cc1cc(C)cc(-n2c(C)cc(/C=C(\C#N)c3ccc(Cl)cc3)c2C)c1. The summed E-state index contributed by atoms with van der Waals surface area (Å²) in [7, 11) is 0. The van der Waals surface area contributed by atoms with E-state index in [1.807, 2.05) is 18.2 Å². The number of allylic oxidation sites excluding steroid dienone is 1. The Hall–Kier alpha value is -2.76. The Balaban J connectivity index is 2.10. The highest BCUT2D eigenvalue weighted by molar-refractivity contribution is 6.30. The maximum atomic E-state index is 9.61. The highest BCUT2D eigenvalue weighted by Gasteiger charge is 2.11. The average Bonchev–Trinajstić information content (AvgIpc) is 2.86. The molecule has 0 unspecified atom stereocenters. The first-order valence-electron chi connectivity index (χ1n) is 8.54. The zero-order valence-corrected chi connectivity index (χ0v) is 16.2. The lowest BCUT2D eigenvalue weighted by Crippen LogP contribution is -2.00. The predicted octanol–water partition coefficient (Wildman–Crippen LogP) is 6.43. The first-order chi connectivity index (χ1) is 12.4. The maximum Gasteiger partial charge on any atom is 0.0998 e. The molecule has 0 spiro atoms. The third-order valence-corrected chi connectivity index (χ3v) is 4.76. The first-order valence-corrected chi connectivity index (χ1v) is 8.92. The van der Waals surface area contributed by atoms with Gasteiger partial charge in [0.25, 0.3) is 0 Å². The molecule has 0 amide bonds. The van der Waals surface area contributed by atoms with Gasteiger partial charge in [0.15, 0.2) is 0 Å². The molecule has 0 fully saturated rings. The van der Waals surface area contributed by atoms with Gasteiger partial charge in [0.1, 0.15) is 0 Å². The topological polar surface area (TPSA) is 28.7 Å². The van der Waals surface area contributed by atoms with Gasteiger partial charge in [-0.25, -0.2) is 0 Å². The van der Waals surface area contributed by atoms with Crippen LogP contribution in [0.3, 0.4) is 0 Å². The summed E-state index contributed by atoms with van der Waals surface area (Å²) in [6.45, 7) is 8.41. The van der Waals surface area contributed by atoms with Crippen molar-refractivity contribution in [3.8, 4) is 11.8 Å². The van der Waals surface area contributed by atoms with Crippen molar-refractivity contribution in [2.24, 2.45) is 0 Å². The number of aryl methyl sites for hydroxylation is 3. The molecule has 0 bridgehead atoms. The summed E-state index contributed by atoms with van der Waals surface area (Å²) >= 11 is 5.96. The van der Waals surface area contributed by atoms with Crippen molar-refractivity contribution in [2.75, 3.05) is 0 Å². The fourth-order valence-electron chi connectivity index (χ4n) is 3.38. The summed E-state index contributed by atoms with van der Waals surface area (Å²) in [6.07, 6.45) is 1.95. The monoisotopic (exact) mass is 360 g/mol. The Morgan fingerprint density at radius 2 is 1.58 bits per heavy atom. The minimum atomic E-state index is 0.627. The van der Waals surface area contributed by atoms with Crippen LogP contribution in [0.4, 0.5) is 0 Å². The minimum Gasteiger partial charge on any atom is -0.318 e. The molecule has 0 atom stereocenters. The normalized spacial score (nSPS) is 11.5. The van der Waals surface area contributed by atoms with Crippen LogP contribution in [-0.2, 0) is 0 Å². The lowest BCUT2D eigenvalue weighted by molar-refractivity contribution is 0.960. The van der Waals surface area contributed by atoms with Crippen LogP contribution in [0, 0.1) is 39.0 Å². The highest BCUT2D eigenvalue weighted by Crippen LogP contribution is 2.26. The van der Waals surface area contributed by atoms with Gasteiger partial charge >= 0.3 is 0 Å². The van der Waals surface area contributed by atoms with Crippen LogP contribution in [0.15, 0.2) is 48.5 Å². The Morgan fingerprint density at radius 1 is 0.962 bits per heavy atom. The van der Waals surface area contributed by atoms with Gasteiger partial charge in [-0.1, -0.05) is 29.8 Å². The predicted molar refractivity (Wildman–Crippen MR) is 110 cm³/mol. The molecule has 0 radical (unpaired) electrons. The Kier molecular flexibility index (Phi) is 5.02. The fourth-order valence-corrected chi connectivity index (χ4v) is 3.50. The second kappa shape index (κ2) is 7.23. The molecule has 0 saturated heterocycles. The molecular weight excluding hydrogens is 340 g/mol. The van der Waals surface area contributed by atoms with Crippen LogP contribution < -0.4 is 0 Å². The molecule has 0 N–H and O–H groups in total. The number of aromatic nitrogens is 1. The van der Waals surface area contributed by atoms with Gasteiger partial charge in [0.05, 0.1) is 11.6 Å². The number of nitriles is 1. The van der Waals surface area contributed by atoms with Crippen molar-refractivity contribution in [3.05, 3.63) is 87.2 Å². The molecule has 1 aromatic heterocycles. The van der Waals surface area contributed by atoms with E-state index in [0.717, 1.165) is 28.2 Å². The van der Waals surface area contributed by atoms with Gasteiger partial charge in [-0.2, -0.15) is 5.26 Å². The molecule has 0 aliphatic carbocycles. The molecule has 3 heteroatoms. The van der Waals surface area contributed by atoms with E-state index < -0.39 is 0 Å². The molecule has 0 aliphatic rings. The lowest BCUT2D eigenvalue weighted by atomic mass is 10.0. The smallest absolute Gasteiger partial charge is 0.0998 e. The molecule has 26 heavy (non-hydrogen) atoms. The second-order valence-corrected chi connectivity index (χ2v) is 7.12. The number of halogens is 1. The number of hydrogen-bond donors (Lipinski definition) is 0. The Morgan fingerprint density at radius 3 is 2.15 bits per heavy atom. The number of hydrogen-bond acceptors (Lipinski definition) is 1. The van der Waals surface area contributed by atoms with E-state index in [1.165, 1.54) is 11.1 Å². The van der Waals surface area contributed by atoms with Crippen molar-refractivity contribution < 1.29 is 0 Å². The first kappa shape index (κ1) is 18.0. The summed E-state index contributed by atoms with van der Waals surface area (Å²) in [5, 5.41) is 10.3. The van der Waals surface area contributed by atoms with E-state index in [-0.39, 0.29) is 0 Å². The molecule has 3 aromatic rings. The highest BCUT2D eigenvalue weighted by atomic mass is 35.5. The summed E-state index contributed by atoms with van der Waals surface area (Å²) < 4.78 is 2.24. The van der Waals surface area contributed by atoms with Gasteiger partial charge < -0.3 is 4.57 Å². The van der Waals surface area contributed by atoms with Crippen LogP contribution in [0.25, 0.3) is 17.3 Å². The molecular formula is C23H21ClN2. The van der Waals surface area contributed by atoms with Gasteiger partial charge in [-0.15, -0.1) is 0 Å². The van der Waals surface area contributed by atoms with Gasteiger partial charge in [0, 0.05) is 22.1 Å². The van der Waals surface area contributed by atoms with E-state index in [4.69, 9.17) is 11.6 Å². The average molecular weight is 361 g/mol. The van der Waals surface area contributed by atoms with Crippen LogP contribution in [0.1, 0.15) is 33.6 Å². The summed E-state index contributed by atoms with van der Waals surface area (Å²) in [5.74, 6) is 0. The van der Waals surface area contributed by atoms with Gasteiger partial charge in [-0.05, 0) is 86.4 Å². The van der Waals surface area contributed by atoms with E-state index in [2.05, 4.69) is 62.6 Å². The van der Waals surface area contributed by atoms with E-state index >= 15 is 0 Å². The number of nitrogens with zero attached hydrogens (tertiary/aromatic N) is 2. The van der Waals surface area contributed by atoms with E-state index in [1.54, 1.807) is 12.1 Å². The molecule has 2 aromatic carbocycles. The maximum absolute atomic E-state index is 9.61. The lowest BCUT2D eigenvalue weighted by Gasteiger charge is -2.12. The number of rotatable bonds is 3. The minimum absolute atomic E-state index is 0.627. The summed E-state index contributed by atoms with van der Waals surface area (Å²) in [4.78, 5) is 0. The fraction of sp³-hybridized carbons (Fsp3) is 0.174. The Labute approximate surface area is 160 Å². The molecule has 1 heterocycles. The van der Waals surface area contributed by atoms with Gasteiger partial charge in [-0.3, -0.25) is 0 Å². The van der Waals surface area contributed by atoms with Crippen molar-refractivity contribution in [2.45, 2.75) is 27.7 Å². The zero-order chi connectivity index (χ0) is 18.8. The van der Waals surface area contributed by atoms with Crippen LogP contribution >= 0.6 is 11.6 Å². The van der Waals surface area contributed by atoms with Crippen molar-refractivity contribution in [1.29, 1.82) is 5.26 Å². The second-order valence-electron chi connectivity index (χ2n) is 6.68.